The summed E-state index contributed by atoms with van der Waals surface area (Å²) in [5.74, 6) is -0.0978. The van der Waals surface area contributed by atoms with Crippen molar-refractivity contribution in [2.24, 2.45) is 7.05 Å². The van der Waals surface area contributed by atoms with E-state index in [9.17, 15) is 4.79 Å². The molecule has 0 aliphatic rings. The van der Waals surface area contributed by atoms with E-state index in [1.54, 1.807) is 29.0 Å². The highest BCUT2D eigenvalue weighted by Gasteiger charge is 2.20. The first kappa shape index (κ1) is 13.6. The topological polar surface area (TPSA) is 77.0 Å². The standard InChI is InChI=1S/C14H15N5OS/c1-18(7-9-6-17-19(2)8-9)14(20)13-11(15)12-10(21-13)4-3-5-16-12/h3-6,8H,7,15H2,1-2H3. The number of pyridine rings is 1. The molecule has 108 valence electrons. The van der Waals surface area contributed by atoms with Crippen molar-refractivity contribution in [2.45, 2.75) is 6.54 Å². The third-order valence-electron chi connectivity index (χ3n) is 3.20. The van der Waals surface area contributed by atoms with E-state index in [0.717, 1.165) is 10.3 Å². The van der Waals surface area contributed by atoms with Crippen molar-refractivity contribution in [2.75, 3.05) is 12.8 Å². The third kappa shape index (κ3) is 2.47. The molecule has 6 nitrogen and oxygen atoms in total. The molecule has 0 aliphatic heterocycles. The number of aromatic nitrogens is 3. The number of nitrogen functional groups attached to an aromatic ring is 1. The van der Waals surface area contributed by atoms with Crippen LogP contribution in [0.15, 0.2) is 30.7 Å². The van der Waals surface area contributed by atoms with Crippen LogP contribution in [0.4, 0.5) is 5.69 Å². The molecule has 7 heteroatoms. The second-order valence-electron chi connectivity index (χ2n) is 4.88. The third-order valence-corrected chi connectivity index (χ3v) is 4.35. The maximum atomic E-state index is 12.5. The fourth-order valence-corrected chi connectivity index (χ4v) is 3.25. The molecule has 0 atom stereocenters. The van der Waals surface area contributed by atoms with Gasteiger partial charge >= 0.3 is 0 Å². The Kier molecular flexibility index (Phi) is 3.34. The lowest BCUT2D eigenvalue weighted by molar-refractivity contribution is 0.0791. The molecule has 0 spiro atoms. The van der Waals surface area contributed by atoms with Crippen molar-refractivity contribution in [1.82, 2.24) is 19.7 Å². The van der Waals surface area contributed by atoms with Crippen LogP contribution >= 0.6 is 11.3 Å². The Balaban J connectivity index is 1.87. The number of carbonyl (C=O) groups is 1. The highest BCUT2D eigenvalue weighted by atomic mass is 32.1. The summed E-state index contributed by atoms with van der Waals surface area (Å²) >= 11 is 1.38. The van der Waals surface area contributed by atoms with Crippen molar-refractivity contribution in [1.29, 1.82) is 0 Å². The Labute approximate surface area is 125 Å². The average molecular weight is 301 g/mol. The Hall–Kier alpha value is -2.41. The van der Waals surface area contributed by atoms with E-state index in [4.69, 9.17) is 5.73 Å². The maximum Gasteiger partial charge on any atom is 0.266 e. The van der Waals surface area contributed by atoms with Crippen LogP contribution in [0, 0.1) is 0 Å². The van der Waals surface area contributed by atoms with Gasteiger partial charge in [-0.2, -0.15) is 5.10 Å². The Morgan fingerprint density at radius 1 is 1.52 bits per heavy atom. The molecule has 21 heavy (non-hydrogen) atoms. The molecule has 3 aromatic rings. The zero-order chi connectivity index (χ0) is 15.0. The lowest BCUT2D eigenvalue weighted by Gasteiger charge is -2.15. The van der Waals surface area contributed by atoms with Crippen LogP contribution < -0.4 is 5.73 Å². The minimum absolute atomic E-state index is 0.0978. The normalized spacial score (nSPS) is 11.0. The lowest BCUT2D eigenvalue weighted by Crippen LogP contribution is -2.25. The Morgan fingerprint density at radius 2 is 2.33 bits per heavy atom. The lowest BCUT2D eigenvalue weighted by atomic mass is 10.3. The van der Waals surface area contributed by atoms with Gasteiger partial charge in [-0.3, -0.25) is 14.5 Å². The molecule has 1 amide bonds. The van der Waals surface area contributed by atoms with E-state index < -0.39 is 0 Å². The molecule has 2 N–H and O–H groups in total. The van der Waals surface area contributed by atoms with Gasteiger partial charge in [-0.1, -0.05) is 0 Å². The zero-order valence-corrected chi connectivity index (χ0v) is 12.6. The first-order chi connectivity index (χ1) is 10.1. The first-order valence-electron chi connectivity index (χ1n) is 6.42. The molecule has 0 saturated carbocycles. The minimum atomic E-state index is -0.0978. The number of nitrogens with zero attached hydrogens (tertiary/aromatic N) is 4. The molecule has 0 unspecified atom stereocenters. The van der Waals surface area contributed by atoms with E-state index in [-0.39, 0.29) is 5.91 Å². The fourth-order valence-electron chi connectivity index (χ4n) is 2.18. The Bertz CT molecular complexity index is 807. The number of amides is 1. The van der Waals surface area contributed by atoms with Crippen LogP contribution in [-0.2, 0) is 13.6 Å². The fraction of sp³-hybridized carbons (Fsp3) is 0.214. The maximum absolute atomic E-state index is 12.5. The highest BCUT2D eigenvalue weighted by Crippen LogP contribution is 2.32. The molecule has 3 heterocycles. The SMILES string of the molecule is CN(Cc1cnn(C)c1)C(=O)c1sc2cccnc2c1N. The van der Waals surface area contributed by atoms with Crippen LogP contribution in [0.3, 0.4) is 0 Å². The van der Waals surface area contributed by atoms with Gasteiger partial charge in [-0.05, 0) is 12.1 Å². The molecule has 0 aromatic carbocycles. The van der Waals surface area contributed by atoms with Gasteiger partial charge in [-0.15, -0.1) is 11.3 Å². The van der Waals surface area contributed by atoms with Gasteiger partial charge in [0.2, 0.25) is 0 Å². The van der Waals surface area contributed by atoms with Crippen molar-refractivity contribution in [3.8, 4) is 0 Å². The van der Waals surface area contributed by atoms with Crippen LogP contribution in [0.1, 0.15) is 15.2 Å². The van der Waals surface area contributed by atoms with Crippen molar-refractivity contribution in [3.05, 3.63) is 41.2 Å². The number of nitrogens with two attached hydrogens (primary N) is 1. The Morgan fingerprint density at radius 3 is 3.00 bits per heavy atom. The second-order valence-corrected chi connectivity index (χ2v) is 5.93. The van der Waals surface area contributed by atoms with Crippen molar-refractivity contribution < 1.29 is 4.79 Å². The summed E-state index contributed by atoms with van der Waals surface area (Å²) in [6.45, 7) is 0.494. The van der Waals surface area contributed by atoms with Gasteiger partial charge in [0.15, 0.2) is 0 Å². The van der Waals surface area contributed by atoms with Crippen LogP contribution in [0.2, 0.25) is 0 Å². The molecular formula is C14H15N5OS. The molecular weight excluding hydrogens is 286 g/mol. The summed E-state index contributed by atoms with van der Waals surface area (Å²) in [6.07, 6.45) is 5.32. The molecule has 0 radical (unpaired) electrons. The monoisotopic (exact) mass is 301 g/mol. The number of carbonyl (C=O) groups excluding carboxylic acids is 1. The number of rotatable bonds is 3. The number of anilines is 1. The van der Waals surface area contributed by atoms with Crippen LogP contribution in [-0.4, -0.2) is 32.6 Å². The van der Waals surface area contributed by atoms with Crippen LogP contribution in [0.25, 0.3) is 10.2 Å². The number of hydrogen-bond donors (Lipinski definition) is 1. The smallest absolute Gasteiger partial charge is 0.266 e. The first-order valence-corrected chi connectivity index (χ1v) is 7.24. The molecule has 0 saturated heterocycles. The quantitative estimate of drug-likeness (QED) is 0.801. The largest absolute Gasteiger partial charge is 0.396 e. The van der Waals surface area contributed by atoms with Crippen LogP contribution in [0.5, 0.6) is 0 Å². The van der Waals surface area contributed by atoms with E-state index in [1.165, 1.54) is 11.3 Å². The summed E-state index contributed by atoms with van der Waals surface area (Å²) in [6, 6.07) is 3.76. The molecule has 3 aromatic heterocycles. The number of hydrogen-bond acceptors (Lipinski definition) is 5. The molecule has 0 aliphatic carbocycles. The van der Waals surface area contributed by atoms with Crippen molar-refractivity contribution in [3.63, 3.8) is 0 Å². The van der Waals surface area contributed by atoms with Gasteiger partial charge in [0.05, 0.1) is 16.6 Å². The van der Waals surface area contributed by atoms with E-state index in [1.807, 2.05) is 25.4 Å². The van der Waals surface area contributed by atoms with Gasteiger partial charge in [-0.25, -0.2) is 0 Å². The van der Waals surface area contributed by atoms with Gasteiger partial charge in [0.25, 0.3) is 5.91 Å². The molecule has 0 bridgehead atoms. The summed E-state index contributed by atoms with van der Waals surface area (Å²) in [7, 11) is 3.60. The highest BCUT2D eigenvalue weighted by molar-refractivity contribution is 7.21. The van der Waals surface area contributed by atoms with E-state index >= 15 is 0 Å². The van der Waals surface area contributed by atoms with Gasteiger partial charge in [0.1, 0.15) is 10.4 Å². The van der Waals surface area contributed by atoms with E-state index in [0.29, 0.717) is 22.6 Å². The minimum Gasteiger partial charge on any atom is -0.396 e. The summed E-state index contributed by atoms with van der Waals surface area (Å²) in [5.41, 5.74) is 8.19. The molecule has 3 rings (SSSR count). The second kappa shape index (κ2) is 5.17. The van der Waals surface area contributed by atoms with E-state index in [2.05, 4.69) is 10.1 Å². The number of fused-ring (bicyclic) bond motifs is 1. The summed E-state index contributed by atoms with van der Waals surface area (Å²) in [5, 5.41) is 4.10. The van der Waals surface area contributed by atoms with Crippen molar-refractivity contribution >= 4 is 33.1 Å². The number of thiophene rings is 1. The number of aryl methyl sites for hydroxylation is 1. The zero-order valence-electron chi connectivity index (χ0n) is 11.8. The van der Waals surface area contributed by atoms with Gasteiger partial charge < -0.3 is 10.6 Å². The van der Waals surface area contributed by atoms with Gasteiger partial charge in [0, 0.05) is 38.6 Å². The predicted molar refractivity (Wildman–Crippen MR) is 83.0 cm³/mol. The average Bonchev–Trinajstić information content (AvgIpc) is 3.03. The summed E-state index contributed by atoms with van der Waals surface area (Å²) in [4.78, 5) is 19.0. The summed E-state index contributed by atoms with van der Waals surface area (Å²) < 4.78 is 2.64. The predicted octanol–water partition coefficient (Wildman–Crippen LogP) is 1.88. The molecule has 0 fully saturated rings.